The molecule has 1 fully saturated rings. The smallest absolute Gasteiger partial charge is 0.211 e. The number of rotatable bonds is 5. The second-order valence-corrected chi connectivity index (χ2v) is 8.72. The van der Waals surface area contributed by atoms with Crippen LogP contribution in [0, 0.1) is 11.3 Å². The van der Waals surface area contributed by atoms with Crippen LogP contribution in [0.15, 0.2) is 0 Å². The van der Waals surface area contributed by atoms with Gasteiger partial charge in [-0.15, -0.1) is 0 Å². The molecule has 1 saturated carbocycles. The van der Waals surface area contributed by atoms with Crippen LogP contribution in [0.5, 0.6) is 0 Å². The van der Waals surface area contributed by atoms with Crippen LogP contribution in [0.4, 0.5) is 0 Å². The Balaban J connectivity index is 2.49. The summed E-state index contributed by atoms with van der Waals surface area (Å²) in [7, 11) is -3.11. The van der Waals surface area contributed by atoms with Crippen molar-refractivity contribution in [3.05, 3.63) is 0 Å². The van der Waals surface area contributed by atoms with E-state index in [1.165, 1.54) is 0 Å². The average molecular weight is 326 g/mol. The van der Waals surface area contributed by atoms with E-state index in [4.69, 9.17) is 0 Å². The first-order valence-corrected chi connectivity index (χ1v) is 9.07. The summed E-state index contributed by atoms with van der Waals surface area (Å²) in [5.41, 5.74) is 0.0687. The van der Waals surface area contributed by atoms with Gasteiger partial charge in [-0.25, -0.2) is 13.1 Å². The monoisotopic (exact) mass is 325 g/mol. The fraction of sp³-hybridized carbons (Fsp3) is 1.00. The Labute approximate surface area is 114 Å². The lowest BCUT2D eigenvalue weighted by molar-refractivity contribution is 0.394. The van der Waals surface area contributed by atoms with Gasteiger partial charge in [0.25, 0.3) is 0 Å². The summed E-state index contributed by atoms with van der Waals surface area (Å²) >= 11 is 3.46. The molecule has 0 radical (unpaired) electrons. The van der Waals surface area contributed by atoms with Gasteiger partial charge in [0, 0.05) is 11.4 Å². The predicted octanol–water partition coefficient (Wildman–Crippen LogP) is 2.91. The minimum absolute atomic E-state index is 0.0687. The Morgan fingerprint density at radius 2 is 1.94 bits per heavy atom. The molecule has 0 heterocycles. The zero-order valence-corrected chi connectivity index (χ0v) is 13.4. The molecule has 0 bridgehead atoms. The number of hydrogen-bond donors (Lipinski definition) is 1. The summed E-state index contributed by atoms with van der Waals surface area (Å²) in [6.07, 6.45) is 3.93. The maximum absolute atomic E-state index is 12.0. The van der Waals surface area contributed by atoms with Gasteiger partial charge in [0.05, 0.1) is 5.75 Å². The maximum Gasteiger partial charge on any atom is 0.211 e. The van der Waals surface area contributed by atoms with Crippen molar-refractivity contribution in [3.63, 3.8) is 0 Å². The second kappa shape index (κ2) is 6.02. The molecule has 0 amide bonds. The summed E-state index contributed by atoms with van der Waals surface area (Å²) in [6.45, 7) is 6.21. The highest BCUT2D eigenvalue weighted by atomic mass is 79.9. The normalized spacial score (nSPS) is 26.4. The number of sulfonamides is 1. The first-order valence-electron chi connectivity index (χ1n) is 6.29. The molecule has 0 aliphatic heterocycles. The fourth-order valence-corrected chi connectivity index (χ4v) is 4.65. The molecule has 5 heteroatoms. The van der Waals surface area contributed by atoms with Crippen LogP contribution in [0.3, 0.4) is 0 Å². The van der Waals surface area contributed by atoms with Crippen molar-refractivity contribution in [1.29, 1.82) is 0 Å². The number of nitrogens with one attached hydrogen (secondary N) is 1. The average Bonchev–Trinajstić information content (AvgIpc) is 2.61. The summed E-state index contributed by atoms with van der Waals surface area (Å²) in [5.74, 6) is 0.696. The van der Waals surface area contributed by atoms with E-state index in [9.17, 15) is 8.42 Å². The molecule has 0 aromatic heterocycles. The van der Waals surface area contributed by atoms with Crippen molar-refractivity contribution in [1.82, 2.24) is 4.72 Å². The third kappa shape index (κ3) is 5.71. The molecule has 0 saturated heterocycles. The lowest BCUT2D eigenvalue weighted by Gasteiger charge is -2.21. The van der Waals surface area contributed by atoms with E-state index >= 15 is 0 Å². The van der Waals surface area contributed by atoms with Crippen molar-refractivity contribution in [2.45, 2.75) is 52.5 Å². The van der Waals surface area contributed by atoms with Crippen LogP contribution < -0.4 is 4.72 Å². The largest absolute Gasteiger partial charge is 0.212 e. The lowest BCUT2D eigenvalue weighted by atomic mass is 9.94. The van der Waals surface area contributed by atoms with Gasteiger partial charge in [-0.05, 0) is 30.6 Å². The first-order chi connectivity index (χ1) is 7.73. The zero-order chi connectivity index (χ0) is 13.1. The molecule has 0 aromatic rings. The van der Waals surface area contributed by atoms with E-state index in [2.05, 4.69) is 41.4 Å². The Morgan fingerprint density at radius 1 is 1.29 bits per heavy atom. The zero-order valence-electron chi connectivity index (χ0n) is 11.0. The molecule has 17 heavy (non-hydrogen) atoms. The van der Waals surface area contributed by atoms with Crippen molar-refractivity contribution in [2.75, 3.05) is 11.1 Å². The lowest BCUT2D eigenvalue weighted by Crippen LogP contribution is -2.39. The molecule has 1 rings (SSSR count). The SMILES string of the molecule is CC(C)(C)CCS(=O)(=O)NC1CCCC1CBr. The van der Waals surface area contributed by atoms with E-state index in [0.29, 0.717) is 12.3 Å². The van der Waals surface area contributed by atoms with Crippen LogP contribution in [-0.4, -0.2) is 25.5 Å². The van der Waals surface area contributed by atoms with Crippen LogP contribution >= 0.6 is 15.9 Å². The van der Waals surface area contributed by atoms with E-state index in [1.807, 2.05) is 0 Å². The molecule has 0 aromatic carbocycles. The van der Waals surface area contributed by atoms with Gasteiger partial charge in [0.2, 0.25) is 10.0 Å². The number of halogens is 1. The van der Waals surface area contributed by atoms with Gasteiger partial charge in [0.15, 0.2) is 0 Å². The Bertz CT molecular complexity index is 335. The van der Waals surface area contributed by atoms with E-state index in [-0.39, 0.29) is 17.2 Å². The first kappa shape index (κ1) is 15.4. The van der Waals surface area contributed by atoms with Crippen LogP contribution in [0.25, 0.3) is 0 Å². The minimum Gasteiger partial charge on any atom is -0.212 e. The van der Waals surface area contributed by atoms with E-state index < -0.39 is 10.0 Å². The van der Waals surface area contributed by atoms with Crippen LogP contribution in [0.1, 0.15) is 46.5 Å². The molecule has 1 aliphatic rings. The second-order valence-electron chi connectivity index (χ2n) is 6.20. The molecule has 3 nitrogen and oxygen atoms in total. The van der Waals surface area contributed by atoms with Crippen LogP contribution in [0.2, 0.25) is 0 Å². The molecular weight excluding hydrogens is 302 g/mol. The quantitative estimate of drug-likeness (QED) is 0.790. The Kier molecular flexibility index (Phi) is 5.47. The highest BCUT2D eigenvalue weighted by Crippen LogP contribution is 2.28. The topological polar surface area (TPSA) is 46.2 Å². The highest BCUT2D eigenvalue weighted by Gasteiger charge is 2.30. The van der Waals surface area contributed by atoms with Crippen molar-refractivity contribution in [3.8, 4) is 0 Å². The third-order valence-electron chi connectivity index (χ3n) is 3.31. The highest BCUT2D eigenvalue weighted by molar-refractivity contribution is 9.09. The van der Waals surface area contributed by atoms with Crippen molar-refractivity contribution in [2.24, 2.45) is 11.3 Å². The molecule has 102 valence electrons. The molecule has 0 spiro atoms. The summed E-state index contributed by atoms with van der Waals surface area (Å²) < 4.78 is 26.8. The third-order valence-corrected chi connectivity index (χ3v) is 5.54. The van der Waals surface area contributed by atoms with Gasteiger partial charge >= 0.3 is 0 Å². The van der Waals surface area contributed by atoms with Crippen molar-refractivity contribution >= 4 is 26.0 Å². The van der Waals surface area contributed by atoms with E-state index in [1.54, 1.807) is 0 Å². The Hall–Kier alpha value is 0.390. The van der Waals surface area contributed by atoms with E-state index in [0.717, 1.165) is 24.6 Å². The number of alkyl halides is 1. The minimum atomic E-state index is -3.11. The van der Waals surface area contributed by atoms with Gasteiger partial charge < -0.3 is 0 Å². The van der Waals surface area contributed by atoms with Gasteiger partial charge in [-0.3, -0.25) is 0 Å². The van der Waals surface area contributed by atoms with Crippen molar-refractivity contribution < 1.29 is 8.42 Å². The van der Waals surface area contributed by atoms with Gasteiger partial charge in [-0.1, -0.05) is 43.1 Å². The summed E-state index contributed by atoms with van der Waals surface area (Å²) in [4.78, 5) is 0. The van der Waals surface area contributed by atoms with Gasteiger partial charge in [0.1, 0.15) is 0 Å². The molecule has 2 atom stereocenters. The van der Waals surface area contributed by atoms with Crippen LogP contribution in [-0.2, 0) is 10.0 Å². The molecular formula is C12H24BrNO2S. The Morgan fingerprint density at radius 3 is 2.47 bits per heavy atom. The summed E-state index contributed by atoms with van der Waals surface area (Å²) in [5, 5.41) is 0.888. The molecule has 1 N–H and O–H groups in total. The summed E-state index contributed by atoms with van der Waals surface area (Å²) in [6, 6.07) is 0.138. The van der Waals surface area contributed by atoms with Gasteiger partial charge in [-0.2, -0.15) is 0 Å². The standard InChI is InChI=1S/C12H24BrNO2S/c1-12(2,3)7-8-17(15,16)14-11-6-4-5-10(11)9-13/h10-11,14H,4-9H2,1-3H3. The fourth-order valence-electron chi connectivity index (χ4n) is 2.11. The molecule has 2 unspecified atom stereocenters. The molecule has 1 aliphatic carbocycles. The maximum atomic E-state index is 12.0. The number of hydrogen-bond acceptors (Lipinski definition) is 2. The predicted molar refractivity (Wildman–Crippen MR) is 75.9 cm³/mol.